The van der Waals surface area contributed by atoms with Gasteiger partial charge in [-0.2, -0.15) is 13.2 Å². The molecule has 12 heteroatoms. The standard InChI is InChI=1S/C33H28F4N2O6/c1-43-20-13-11-17(12-14-20)22-16-24-27(29(40)26(22)31(41)44-2)25(21-9-4-5-10-23(21)33(35,36)37)28(32(42)45-3)30(38)39(24)19-8-6-7-18(34)15-19/h4-15,22,25-26H,16,38H2,1-3H3/t22-,25+,26-/m1/s1. The summed E-state index contributed by atoms with van der Waals surface area (Å²) >= 11 is 0. The predicted molar refractivity (Wildman–Crippen MR) is 154 cm³/mol. The van der Waals surface area contributed by atoms with Crippen LogP contribution in [0.5, 0.6) is 5.75 Å². The van der Waals surface area contributed by atoms with Crippen LogP contribution >= 0.6 is 0 Å². The first-order chi connectivity index (χ1) is 21.4. The quantitative estimate of drug-likeness (QED) is 0.215. The second-order valence-electron chi connectivity index (χ2n) is 10.4. The van der Waals surface area contributed by atoms with Crippen molar-refractivity contribution in [2.24, 2.45) is 11.7 Å². The summed E-state index contributed by atoms with van der Waals surface area (Å²) in [7, 11) is 3.59. The number of nitrogens with zero attached hydrogens (tertiary/aromatic N) is 1. The van der Waals surface area contributed by atoms with Gasteiger partial charge in [0.1, 0.15) is 23.3 Å². The molecular weight excluding hydrogens is 596 g/mol. The van der Waals surface area contributed by atoms with Crippen LogP contribution in [-0.4, -0.2) is 39.1 Å². The lowest BCUT2D eigenvalue weighted by molar-refractivity contribution is -0.150. The minimum absolute atomic E-state index is 0.0960. The van der Waals surface area contributed by atoms with Gasteiger partial charge in [-0.15, -0.1) is 0 Å². The highest BCUT2D eigenvalue weighted by molar-refractivity contribution is 6.14. The molecule has 2 N–H and O–H groups in total. The maximum atomic E-state index is 14.6. The van der Waals surface area contributed by atoms with Crippen LogP contribution in [-0.2, 0) is 30.0 Å². The van der Waals surface area contributed by atoms with Crippen molar-refractivity contribution < 1.29 is 46.2 Å². The molecule has 0 saturated heterocycles. The van der Waals surface area contributed by atoms with Gasteiger partial charge in [0.15, 0.2) is 5.78 Å². The number of carbonyl (C=O) groups excluding carboxylic acids is 3. The number of methoxy groups -OCH3 is 3. The number of ketones is 1. The Hall–Kier alpha value is -5.13. The lowest BCUT2D eigenvalue weighted by atomic mass is 9.66. The molecule has 3 aromatic rings. The number of benzene rings is 3. The Morgan fingerprint density at radius 1 is 0.933 bits per heavy atom. The molecule has 234 valence electrons. The number of ether oxygens (including phenoxy) is 3. The van der Waals surface area contributed by atoms with E-state index in [1.54, 1.807) is 24.3 Å². The van der Waals surface area contributed by atoms with Crippen LogP contribution < -0.4 is 15.4 Å². The van der Waals surface area contributed by atoms with Crippen molar-refractivity contribution >= 4 is 23.4 Å². The molecule has 45 heavy (non-hydrogen) atoms. The zero-order valence-corrected chi connectivity index (χ0v) is 24.4. The van der Waals surface area contributed by atoms with Crippen molar-refractivity contribution in [2.45, 2.75) is 24.4 Å². The first-order valence-corrected chi connectivity index (χ1v) is 13.7. The highest BCUT2D eigenvalue weighted by Crippen LogP contribution is 2.53. The Morgan fingerprint density at radius 2 is 1.62 bits per heavy atom. The number of alkyl halides is 3. The third kappa shape index (κ3) is 5.52. The highest BCUT2D eigenvalue weighted by atomic mass is 19.4. The number of halogens is 4. The van der Waals surface area contributed by atoms with Crippen molar-refractivity contribution in [1.82, 2.24) is 0 Å². The van der Waals surface area contributed by atoms with Crippen LogP contribution in [0.25, 0.3) is 0 Å². The van der Waals surface area contributed by atoms with Gasteiger partial charge >= 0.3 is 18.1 Å². The van der Waals surface area contributed by atoms with Gasteiger partial charge in [0.2, 0.25) is 0 Å². The monoisotopic (exact) mass is 624 g/mol. The Bertz CT molecular complexity index is 1730. The van der Waals surface area contributed by atoms with E-state index in [0.717, 1.165) is 32.4 Å². The molecule has 0 aromatic heterocycles. The van der Waals surface area contributed by atoms with Crippen molar-refractivity contribution in [2.75, 3.05) is 26.2 Å². The summed E-state index contributed by atoms with van der Waals surface area (Å²) < 4.78 is 73.1. The van der Waals surface area contributed by atoms with E-state index in [1.165, 1.54) is 42.3 Å². The number of esters is 2. The Labute approximate surface area is 255 Å². The third-order valence-corrected chi connectivity index (χ3v) is 8.09. The van der Waals surface area contributed by atoms with Crippen molar-refractivity contribution in [3.05, 3.63) is 118 Å². The molecule has 0 fully saturated rings. The van der Waals surface area contributed by atoms with Crippen molar-refractivity contribution in [3.8, 4) is 5.75 Å². The molecule has 0 unspecified atom stereocenters. The molecule has 1 heterocycles. The van der Waals surface area contributed by atoms with Gasteiger partial charge in [0.05, 0.1) is 44.1 Å². The van der Waals surface area contributed by atoms with Crippen LogP contribution in [0.4, 0.5) is 23.2 Å². The average Bonchev–Trinajstić information content (AvgIpc) is 3.03. The first-order valence-electron chi connectivity index (χ1n) is 13.7. The lowest BCUT2D eigenvalue weighted by Crippen LogP contribution is -2.46. The molecule has 0 spiro atoms. The van der Waals surface area contributed by atoms with Crippen LogP contribution in [0.2, 0.25) is 0 Å². The number of allylic oxidation sites excluding steroid dienone is 2. The van der Waals surface area contributed by atoms with E-state index in [-0.39, 0.29) is 29.2 Å². The number of rotatable bonds is 6. The number of anilines is 1. The van der Waals surface area contributed by atoms with Crippen LogP contribution in [0, 0.1) is 11.7 Å². The zero-order valence-electron chi connectivity index (χ0n) is 24.4. The maximum Gasteiger partial charge on any atom is 0.416 e. The molecule has 3 atom stereocenters. The van der Waals surface area contributed by atoms with E-state index in [2.05, 4.69) is 0 Å². The SMILES string of the molecule is COC(=O)C1=C(N)N(c2cccc(F)c2)C2=C(C(=O)[C@H](C(=O)OC)[C@@H](c3ccc(OC)cc3)C2)[C@@H]1c1ccccc1C(F)(F)F. The fourth-order valence-corrected chi connectivity index (χ4v) is 6.13. The molecule has 8 nitrogen and oxygen atoms in total. The second kappa shape index (κ2) is 12.1. The molecule has 0 radical (unpaired) electrons. The van der Waals surface area contributed by atoms with E-state index in [1.807, 2.05) is 0 Å². The van der Waals surface area contributed by atoms with Crippen LogP contribution in [0.1, 0.15) is 34.9 Å². The second-order valence-corrected chi connectivity index (χ2v) is 10.4. The summed E-state index contributed by atoms with van der Waals surface area (Å²) in [6, 6.07) is 16.2. The number of carbonyl (C=O) groups is 3. The molecule has 3 aromatic carbocycles. The van der Waals surface area contributed by atoms with E-state index in [0.29, 0.717) is 11.3 Å². The smallest absolute Gasteiger partial charge is 0.416 e. The molecule has 0 saturated carbocycles. The minimum Gasteiger partial charge on any atom is -0.497 e. The fourth-order valence-electron chi connectivity index (χ4n) is 6.13. The Morgan fingerprint density at radius 3 is 2.22 bits per heavy atom. The van der Waals surface area contributed by atoms with E-state index in [4.69, 9.17) is 19.9 Å². The van der Waals surface area contributed by atoms with E-state index in [9.17, 15) is 31.9 Å². The lowest BCUT2D eigenvalue weighted by Gasteiger charge is -2.44. The molecular formula is C33H28F4N2O6. The van der Waals surface area contributed by atoms with E-state index < -0.39 is 64.2 Å². The number of hydrogen-bond acceptors (Lipinski definition) is 8. The molecule has 1 aliphatic carbocycles. The minimum atomic E-state index is -4.89. The molecule has 1 aliphatic heterocycles. The normalized spacial score (nSPS) is 20.1. The number of Topliss-reactive ketones (excluding diaryl/α,β-unsaturated/α-hetero) is 1. The molecule has 5 rings (SSSR count). The Balaban J connectivity index is 1.87. The largest absolute Gasteiger partial charge is 0.497 e. The van der Waals surface area contributed by atoms with Gasteiger partial charge < -0.3 is 19.9 Å². The van der Waals surface area contributed by atoms with Crippen LogP contribution in [0.15, 0.2) is 95.5 Å². The summed E-state index contributed by atoms with van der Waals surface area (Å²) in [5.74, 6) is -7.50. The number of nitrogens with two attached hydrogens (primary N) is 1. The summed E-state index contributed by atoms with van der Waals surface area (Å²) in [4.78, 5) is 42.6. The third-order valence-electron chi connectivity index (χ3n) is 8.09. The molecule has 0 bridgehead atoms. The van der Waals surface area contributed by atoms with Crippen LogP contribution in [0.3, 0.4) is 0 Å². The van der Waals surface area contributed by atoms with Crippen molar-refractivity contribution in [1.29, 1.82) is 0 Å². The fraction of sp³-hybridized carbons (Fsp3) is 0.242. The van der Waals surface area contributed by atoms with Gasteiger partial charge in [-0.05, 0) is 53.9 Å². The van der Waals surface area contributed by atoms with Gasteiger partial charge in [-0.1, -0.05) is 36.4 Å². The maximum absolute atomic E-state index is 14.6. The zero-order chi connectivity index (χ0) is 32.6. The van der Waals surface area contributed by atoms with Crippen molar-refractivity contribution in [3.63, 3.8) is 0 Å². The summed E-state index contributed by atoms with van der Waals surface area (Å²) in [5, 5.41) is 0. The summed E-state index contributed by atoms with van der Waals surface area (Å²) in [5.41, 5.74) is 5.01. The first kappa shape index (κ1) is 31.3. The molecule has 2 aliphatic rings. The topological polar surface area (TPSA) is 108 Å². The molecule has 0 amide bonds. The van der Waals surface area contributed by atoms with E-state index >= 15 is 0 Å². The van der Waals surface area contributed by atoms with Gasteiger partial charge in [0.25, 0.3) is 0 Å². The van der Waals surface area contributed by atoms with Gasteiger partial charge in [-0.3, -0.25) is 14.5 Å². The highest BCUT2D eigenvalue weighted by Gasteiger charge is 2.52. The summed E-state index contributed by atoms with van der Waals surface area (Å²) in [6.45, 7) is 0. The average molecular weight is 625 g/mol. The van der Waals surface area contributed by atoms with Gasteiger partial charge in [0, 0.05) is 17.2 Å². The summed E-state index contributed by atoms with van der Waals surface area (Å²) in [6.07, 6.45) is -5.01. The predicted octanol–water partition coefficient (Wildman–Crippen LogP) is 5.60. The Kier molecular flexibility index (Phi) is 8.42. The van der Waals surface area contributed by atoms with Gasteiger partial charge in [-0.25, -0.2) is 9.18 Å². The number of hydrogen-bond donors (Lipinski definition) is 1.